The van der Waals surface area contributed by atoms with Crippen molar-refractivity contribution in [2.45, 2.75) is 83.0 Å². The van der Waals surface area contributed by atoms with Gasteiger partial charge in [0.1, 0.15) is 0 Å². The molecule has 0 amide bonds. The second kappa shape index (κ2) is 9.96. The first-order chi connectivity index (χ1) is 15.1. The molecule has 2 atom stereocenters. The molecule has 0 spiro atoms. The molecule has 1 fully saturated rings. The van der Waals surface area contributed by atoms with Crippen molar-refractivity contribution in [3.8, 4) is 5.88 Å². The third-order valence-electron chi connectivity index (χ3n) is 7.35. The zero-order chi connectivity index (χ0) is 23.5. The molecule has 0 aliphatic carbocycles. The molecule has 1 N–H and O–H groups in total. The highest BCUT2D eigenvalue weighted by atomic mass is 16.5. The number of benzene rings is 1. The summed E-state index contributed by atoms with van der Waals surface area (Å²) in [6.07, 6.45) is 3.95. The van der Waals surface area contributed by atoms with Gasteiger partial charge in [0.2, 0.25) is 5.88 Å². The van der Waals surface area contributed by atoms with Crippen LogP contribution in [-0.2, 0) is 27.4 Å². The number of ether oxygens (including phenoxy) is 2. The second-order valence-electron chi connectivity index (χ2n) is 10.5. The first-order valence-corrected chi connectivity index (χ1v) is 12.1. The molecule has 1 aromatic carbocycles. The van der Waals surface area contributed by atoms with Gasteiger partial charge in [0, 0.05) is 44.8 Å². The Morgan fingerprint density at radius 2 is 1.75 bits per heavy atom. The number of methoxy groups -OCH3 is 1. The zero-order valence-corrected chi connectivity index (χ0v) is 21.1. The minimum absolute atomic E-state index is 0.00766. The summed E-state index contributed by atoms with van der Waals surface area (Å²) in [6, 6.07) is 9.08. The summed E-state index contributed by atoms with van der Waals surface area (Å²) in [4.78, 5) is 0. The summed E-state index contributed by atoms with van der Waals surface area (Å²) < 4.78 is 13.0. The van der Waals surface area contributed by atoms with Gasteiger partial charge in [-0.25, -0.2) is 4.68 Å². The van der Waals surface area contributed by atoms with Crippen LogP contribution in [0.1, 0.15) is 94.5 Å². The van der Waals surface area contributed by atoms with Crippen LogP contribution in [0.15, 0.2) is 24.3 Å². The van der Waals surface area contributed by atoms with Crippen LogP contribution in [0, 0.1) is 0 Å². The summed E-state index contributed by atoms with van der Waals surface area (Å²) in [7, 11) is 3.60. The standard InChI is InChI=1S/C27H42N2O3/c1-8-22(23(9-2)24-17-25(30)29(6)28-24)19-14-20(26(3,4)5)16-21(15-19)27(18-31-7)10-12-32-13-11-27/h14-17,22-23,30H,8-13,18H2,1-7H3. The van der Waals surface area contributed by atoms with Crippen LogP contribution in [0.5, 0.6) is 5.88 Å². The number of aromatic nitrogens is 2. The maximum Gasteiger partial charge on any atom is 0.209 e. The van der Waals surface area contributed by atoms with Crippen molar-refractivity contribution in [2.24, 2.45) is 7.05 Å². The molecule has 32 heavy (non-hydrogen) atoms. The van der Waals surface area contributed by atoms with Crippen molar-refractivity contribution in [3.05, 3.63) is 46.6 Å². The Hall–Kier alpha value is -1.85. The third kappa shape index (κ3) is 5.04. The molecule has 0 radical (unpaired) electrons. The minimum Gasteiger partial charge on any atom is -0.493 e. The van der Waals surface area contributed by atoms with E-state index in [1.165, 1.54) is 16.7 Å². The average Bonchev–Trinajstić information content (AvgIpc) is 3.09. The van der Waals surface area contributed by atoms with Crippen LogP contribution in [0.2, 0.25) is 0 Å². The van der Waals surface area contributed by atoms with Crippen molar-refractivity contribution in [1.82, 2.24) is 9.78 Å². The van der Waals surface area contributed by atoms with Crippen LogP contribution in [-0.4, -0.2) is 41.8 Å². The van der Waals surface area contributed by atoms with Crippen molar-refractivity contribution >= 4 is 0 Å². The lowest BCUT2D eigenvalue weighted by Crippen LogP contribution is -2.38. The lowest BCUT2D eigenvalue weighted by Gasteiger charge is -2.39. The fraction of sp³-hybridized carbons (Fsp3) is 0.667. The normalized spacial score (nSPS) is 18.5. The number of hydrogen-bond donors (Lipinski definition) is 1. The highest BCUT2D eigenvalue weighted by Crippen LogP contribution is 2.43. The lowest BCUT2D eigenvalue weighted by atomic mass is 9.70. The molecular weight excluding hydrogens is 400 g/mol. The molecule has 1 aliphatic heterocycles. The molecule has 178 valence electrons. The van der Waals surface area contributed by atoms with Gasteiger partial charge in [-0.2, -0.15) is 5.10 Å². The van der Waals surface area contributed by atoms with Gasteiger partial charge < -0.3 is 14.6 Å². The number of nitrogens with zero attached hydrogens (tertiary/aromatic N) is 2. The second-order valence-corrected chi connectivity index (χ2v) is 10.5. The van der Waals surface area contributed by atoms with Crippen molar-refractivity contribution < 1.29 is 14.6 Å². The quantitative estimate of drug-likeness (QED) is 0.561. The van der Waals surface area contributed by atoms with E-state index in [2.05, 4.69) is 57.9 Å². The molecule has 5 heteroatoms. The topological polar surface area (TPSA) is 56.5 Å². The van der Waals surface area contributed by atoms with Crippen LogP contribution in [0.4, 0.5) is 0 Å². The molecule has 1 aromatic heterocycles. The predicted molar refractivity (Wildman–Crippen MR) is 130 cm³/mol. The Morgan fingerprint density at radius 1 is 1.09 bits per heavy atom. The first kappa shape index (κ1) is 24.8. The highest BCUT2D eigenvalue weighted by Gasteiger charge is 2.36. The average molecular weight is 443 g/mol. The van der Waals surface area contributed by atoms with Gasteiger partial charge in [0.05, 0.1) is 12.3 Å². The molecule has 2 unspecified atom stereocenters. The largest absolute Gasteiger partial charge is 0.493 e. The zero-order valence-electron chi connectivity index (χ0n) is 21.1. The van der Waals surface area contributed by atoms with E-state index in [0.717, 1.165) is 44.6 Å². The van der Waals surface area contributed by atoms with E-state index in [-0.39, 0.29) is 22.6 Å². The Morgan fingerprint density at radius 3 is 2.25 bits per heavy atom. The van der Waals surface area contributed by atoms with Crippen LogP contribution >= 0.6 is 0 Å². The number of aryl methyl sites for hydroxylation is 1. The smallest absolute Gasteiger partial charge is 0.209 e. The maximum atomic E-state index is 10.1. The van der Waals surface area contributed by atoms with Gasteiger partial charge in [0.25, 0.3) is 0 Å². The third-order valence-corrected chi connectivity index (χ3v) is 7.35. The molecule has 2 aromatic rings. The molecule has 1 saturated heterocycles. The Kier molecular flexibility index (Phi) is 7.72. The van der Waals surface area contributed by atoms with Crippen LogP contribution in [0.3, 0.4) is 0 Å². The molecule has 1 aliphatic rings. The van der Waals surface area contributed by atoms with Crippen molar-refractivity contribution in [3.63, 3.8) is 0 Å². The van der Waals surface area contributed by atoms with Gasteiger partial charge in [0.15, 0.2) is 0 Å². The monoisotopic (exact) mass is 442 g/mol. The Labute approximate surface area is 194 Å². The van der Waals surface area contributed by atoms with Gasteiger partial charge in [-0.05, 0) is 53.7 Å². The fourth-order valence-electron chi connectivity index (χ4n) is 5.27. The molecule has 3 rings (SSSR count). The van der Waals surface area contributed by atoms with Gasteiger partial charge >= 0.3 is 0 Å². The number of aromatic hydroxyl groups is 1. The van der Waals surface area contributed by atoms with E-state index in [1.807, 2.05) is 6.07 Å². The van der Waals surface area contributed by atoms with Gasteiger partial charge in [-0.1, -0.05) is 52.8 Å². The lowest BCUT2D eigenvalue weighted by molar-refractivity contribution is 0.0135. The molecule has 0 bridgehead atoms. The maximum absolute atomic E-state index is 10.1. The SMILES string of the molecule is CCC(c1cc(C(C)(C)C)cc(C2(COC)CCOCC2)c1)C(CC)c1cc(O)n(C)n1. The summed E-state index contributed by atoms with van der Waals surface area (Å²) in [6.45, 7) is 13.6. The minimum atomic E-state index is -0.00766. The van der Waals surface area contributed by atoms with Crippen molar-refractivity contribution in [1.29, 1.82) is 0 Å². The van der Waals surface area contributed by atoms with Gasteiger partial charge in [-0.15, -0.1) is 0 Å². The Balaban J connectivity index is 2.13. The number of hydrogen-bond acceptors (Lipinski definition) is 4. The summed E-state index contributed by atoms with van der Waals surface area (Å²) in [5.41, 5.74) is 5.12. The van der Waals surface area contributed by atoms with E-state index in [1.54, 1.807) is 18.8 Å². The summed E-state index contributed by atoms with van der Waals surface area (Å²) >= 11 is 0. The van der Waals surface area contributed by atoms with E-state index in [9.17, 15) is 5.11 Å². The van der Waals surface area contributed by atoms with E-state index < -0.39 is 0 Å². The van der Waals surface area contributed by atoms with Crippen molar-refractivity contribution in [2.75, 3.05) is 26.9 Å². The van der Waals surface area contributed by atoms with Crippen LogP contribution in [0.25, 0.3) is 0 Å². The summed E-state index contributed by atoms with van der Waals surface area (Å²) in [5, 5.41) is 14.8. The summed E-state index contributed by atoms with van der Waals surface area (Å²) in [5.74, 6) is 0.803. The van der Waals surface area contributed by atoms with E-state index in [0.29, 0.717) is 12.5 Å². The van der Waals surface area contributed by atoms with Gasteiger partial charge in [-0.3, -0.25) is 0 Å². The molecular formula is C27H42N2O3. The predicted octanol–water partition coefficient (Wildman–Crippen LogP) is 5.81. The Bertz CT molecular complexity index is 866. The molecule has 5 nitrogen and oxygen atoms in total. The van der Waals surface area contributed by atoms with E-state index >= 15 is 0 Å². The van der Waals surface area contributed by atoms with Crippen LogP contribution < -0.4 is 0 Å². The van der Waals surface area contributed by atoms with E-state index in [4.69, 9.17) is 9.47 Å². The fourth-order valence-corrected chi connectivity index (χ4v) is 5.27. The molecule has 0 saturated carbocycles. The molecule has 2 heterocycles. The number of rotatable bonds is 8. The first-order valence-electron chi connectivity index (χ1n) is 12.1. The highest BCUT2D eigenvalue weighted by molar-refractivity contribution is 5.41.